The molecule has 0 fully saturated rings. The molecule has 1 heterocycles. The molecule has 0 aliphatic rings. The third-order valence-corrected chi connectivity index (χ3v) is 4.53. The first-order chi connectivity index (χ1) is 11.8. The van der Waals surface area contributed by atoms with Gasteiger partial charge in [0.2, 0.25) is 0 Å². The van der Waals surface area contributed by atoms with E-state index in [1.165, 1.54) is 11.3 Å². The number of aromatic nitrogens is 1. The molecule has 0 radical (unpaired) electrons. The highest BCUT2D eigenvalue weighted by Crippen LogP contribution is 2.34. The van der Waals surface area contributed by atoms with E-state index in [2.05, 4.69) is 11.1 Å². The van der Waals surface area contributed by atoms with Crippen molar-refractivity contribution in [2.24, 2.45) is 0 Å². The molecule has 0 saturated heterocycles. The van der Waals surface area contributed by atoms with Crippen molar-refractivity contribution in [3.05, 3.63) is 53.0 Å². The minimum Gasteiger partial charge on any atom is -0.492 e. The van der Waals surface area contributed by atoms with Gasteiger partial charge in [0.05, 0.1) is 29.5 Å². The first kappa shape index (κ1) is 16.0. The van der Waals surface area contributed by atoms with Gasteiger partial charge in [0, 0.05) is 5.56 Å². The summed E-state index contributed by atoms with van der Waals surface area (Å²) in [5.74, 6) is 1.28. The van der Waals surface area contributed by atoms with Gasteiger partial charge in [-0.05, 0) is 31.2 Å². The number of nitriles is 1. The SMILES string of the molecule is CCOc1cccc(/C=C(/C#N)c2nc3ccccc3s2)c1OC. The lowest BCUT2D eigenvalue weighted by atomic mass is 10.1. The van der Waals surface area contributed by atoms with E-state index in [-0.39, 0.29) is 0 Å². The summed E-state index contributed by atoms with van der Waals surface area (Å²) >= 11 is 1.50. The van der Waals surface area contributed by atoms with Crippen LogP contribution in [0, 0.1) is 11.3 Å². The molecular weight excluding hydrogens is 320 g/mol. The Labute approximate surface area is 144 Å². The van der Waals surface area contributed by atoms with Gasteiger partial charge in [0.25, 0.3) is 0 Å². The van der Waals surface area contributed by atoms with Gasteiger partial charge in [-0.1, -0.05) is 24.3 Å². The second kappa shape index (κ2) is 7.16. The molecule has 0 aliphatic heterocycles. The molecule has 0 bridgehead atoms. The summed E-state index contributed by atoms with van der Waals surface area (Å²) in [6.45, 7) is 2.47. The average Bonchev–Trinajstić information content (AvgIpc) is 3.04. The molecule has 4 nitrogen and oxygen atoms in total. The zero-order chi connectivity index (χ0) is 16.9. The van der Waals surface area contributed by atoms with Crippen LogP contribution in [0.2, 0.25) is 0 Å². The molecule has 3 aromatic rings. The summed E-state index contributed by atoms with van der Waals surface area (Å²) in [4.78, 5) is 4.55. The largest absolute Gasteiger partial charge is 0.492 e. The Balaban J connectivity index is 2.08. The van der Waals surface area contributed by atoms with Crippen molar-refractivity contribution in [3.63, 3.8) is 0 Å². The van der Waals surface area contributed by atoms with Gasteiger partial charge in [0.15, 0.2) is 11.5 Å². The predicted molar refractivity (Wildman–Crippen MR) is 97.3 cm³/mol. The topological polar surface area (TPSA) is 55.1 Å². The summed E-state index contributed by atoms with van der Waals surface area (Å²) in [5, 5.41) is 10.3. The van der Waals surface area contributed by atoms with Crippen LogP contribution >= 0.6 is 11.3 Å². The van der Waals surface area contributed by atoms with E-state index in [1.54, 1.807) is 13.2 Å². The van der Waals surface area contributed by atoms with Gasteiger partial charge in [-0.25, -0.2) is 4.98 Å². The van der Waals surface area contributed by atoms with Crippen LogP contribution < -0.4 is 9.47 Å². The Morgan fingerprint density at radius 1 is 1.25 bits per heavy atom. The fraction of sp³-hybridized carbons (Fsp3) is 0.158. The smallest absolute Gasteiger partial charge is 0.167 e. The number of hydrogen-bond acceptors (Lipinski definition) is 5. The highest BCUT2D eigenvalue weighted by atomic mass is 32.1. The van der Waals surface area contributed by atoms with Crippen LogP contribution in [0.5, 0.6) is 11.5 Å². The Morgan fingerprint density at radius 3 is 2.79 bits per heavy atom. The molecule has 3 rings (SSSR count). The van der Waals surface area contributed by atoms with E-state index in [4.69, 9.17) is 9.47 Å². The second-order valence-corrected chi connectivity index (χ2v) is 6.00. The van der Waals surface area contributed by atoms with Gasteiger partial charge in [0.1, 0.15) is 11.1 Å². The standard InChI is InChI=1S/C19H16N2O2S/c1-3-23-16-9-6-7-13(18(16)22-2)11-14(12-20)19-21-15-8-4-5-10-17(15)24-19/h4-11H,3H2,1-2H3/b14-11-. The fourth-order valence-electron chi connectivity index (χ4n) is 2.42. The van der Waals surface area contributed by atoms with Crippen molar-refractivity contribution >= 4 is 33.2 Å². The first-order valence-corrected chi connectivity index (χ1v) is 8.36. The van der Waals surface area contributed by atoms with Gasteiger partial charge in [-0.15, -0.1) is 11.3 Å². The van der Waals surface area contributed by atoms with Crippen LogP contribution in [-0.2, 0) is 0 Å². The quantitative estimate of drug-likeness (QED) is 0.630. The lowest BCUT2D eigenvalue weighted by Crippen LogP contribution is -1.97. The van der Waals surface area contributed by atoms with Crippen molar-refractivity contribution in [1.82, 2.24) is 4.98 Å². The highest BCUT2D eigenvalue weighted by Gasteiger charge is 2.12. The van der Waals surface area contributed by atoms with Crippen molar-refractivity contribution in [2.45, 2.75) is 6.92 Å². The highest BCUT2D eigenvalue weighted by molar-refractivity contribution is 7.19. The van der Waals surface area contributed by atoms with E-state index in [1.807, 2.05) is 49.4 Å². The predicted octanol–water partition coefficient (Wildman–Crippen LogP) is 4.77. The maximum atomic E-state index is 9.58. The van der Waals surface area contributed by atoms with Crippen LogP contribution in [0.3, 0.4) is 0 Å². The molecule has 1 aromatic heterocycles. The first-order valence-electron chi connectivity index (χ1n) is 7.54. The summed E-state index contributed by atoms with van der Waals surface area (Å²) in [6, 6.07) is 15.7. The Morgan fingerprint density at radius 2 is 2.08 bits per heavy atom. The van der Waals surface area contributed by atoms with Crippen LogP contribution in [-0.4, -0.2) is 18.7 Å². The van der Waals surface area contributed by atoms with E-state index >= 15 is 0 Å². The van der Waals surface area contributed by atoms with Crippen LogP contribution in [0.1, 0.15) is 17.5 Å². The number of para-hydroxylation sites is 2. The maximum absolute atomic E-state index is 9.58. The molecule has 2 aromatic carbocycles. The minimum absolute atomic E-state index is 0.503. The van der Waals surface area contributed by atoms with Gasteiger partial charge < -0.3 is 9.47 Å². The molecule has 0 unspecified atom stereocenters. The molecule has 0 amide bonds. The zero-order valence-corrected chi connectivity index (χ0v) is 14.3. The van der Waals surface area contributed by atoms with Gasteiger partial charge >= 0.3 is 0 Å². The van der Waals surface area contributed by atoms with Crippen LogP contribution in [0.4, 0.5) is 0 Å². The summed E-state index contributed by atoms with van der Waals surface area (Å²) in [5.41, 5.74) is 2.19. The van der Waals surface area contributed by atoms with E-state index in [0.717, 1.165) is 15.8 Å². The average molecular weight is 336 g/mol. The molecule has 5 heteroatoms. The molecule has 24 heavy (non-hydrogen) atoms. The number of hydrogen-bond donors (Lipinski definition) is 0. The van der Waals surface area contributed by atoms with E-state index < -0.39 is 0 Å². The van der Waals surface area contributed by atoms with Crippen molar-refractivity contribution in [1.29, 1.82) is 5.26 Å². The van der Waals surface area contributed by atoms with Crippen molar-refractivity contribution < 1.29 is 9.47 Å². The fourth-order valence-corrected chi connectivity index (χ4v) is 3.35. The third-order valence-electron chi connectivity index (χ3n) is 3.46. The molecule has 0 N–H and O–H groups in total. The lowest BCUT2D eigenvalue weighted by Gasteiger charge is -2.11. The molecular formula is C19H16N2O2S. The van der Waals surface area contributed by atoms with Crippen LogP contribution in [0.15, 0.2) is 42.5 Å². The number of benzene rings is 2. The Kier molecular flexibility index (Phi) is 4.78. The molecule has 0 aliphatic carbocycles. The molecule has 0 saturated carbocycles. The Bertz CT molecular complexity index is 905. The van der Waals surface area contributed by atoms with E-state index in [9.17, 15) is 5.26 Å². The zero-order valence-electron chi connectivity index (χ0n) is 13.4. The number of allylic oxidation sites excluding steroid dienone is 1. The Hall–Kier alpha value is -2.84. The lowest BCUT2D eigenvalue weighted by molar-refractivity contribution is 0.310. The summed E-state index contributed by atoms with van der Waals surface area (Å²) in [7, 11) is 1.60. The number of thiazole rings is 1. The van der Waals surface area contributed by atoms with Gasteiger partial charge in [-0.2, -0.15) is 5.26 Å². The second-order valence-electron chi connectivity index (χ2n) is 4.97. The maximum Gasteiger partial charge on any atom is 0.167 e. The number of ether oxygens (including phenoxy) is 2. The van der Waals surface area contributed by atoms with Crippen molar-refractivity contribution in [2.75, 3.05) is 13.7 Å². The summed E-state index contributed by atoms with van der Waals surface area (Å²) in [6.07, 6.45) is 1.79. The van der Waals surface area contributed by atoms with Crippen molar-refractivity contribution in [3.8, 4) is 17.6 Å². The third kappa shape index (κ3) is 3.10. The van der Waals surface area contributed by atoms with Crippen LogP contribution in [0.25, 0.3) is 21.9 Å². The molecule has 0 atom stereocenters. The number of methoxy groups -OCH3 is 1. The number of fused-ring (bicyclic) bond motifs is 1. The monoisotopic (exact) mass is 336 g/mol. The van der Waals surface area contributed by atoms with Gasteiger partial charge in [-0.3, -0.25) is 0 Å². The summed E-state index contributed by atoms with van der Waals surface area (Å²) < 4.78 is 12.1. The normalized spacial score (nSPS) is 11.3. The van der Waals surface area contributed by atoms with E-state index in [0.29, 0.717) is 28.7 Å². The minimum atomic E-state index is 0.503. The molecule has 0 spiro atoms. The number of nitrogens with zero attached hydrogens (tertiary/aromatic N) is 2. The molecule has 120 valence electrons. The number of rotatable bonds is 5.